The van der Waals surface area contributed by atoms with E-state index in [0.717, 1.165) is 15.3 Å². The Morgan fingerprint density at radius 2 is 1.85 bits per heavy atom. The molecule has 4 heteroatoms. The second kappa shape index (κ2) is 3.52. The molecule has 0 saturated heterocycles. The van der Waals surface area contributed by atoms with Crippen molar-refractivity contribution in [3.05, 3.63) is 46.2 Å². The highest BCUT2D eigenvalue weighted by molar-refractivity contribution is 9.10. The lowest BCUT2D eigenvalue weighted by atomic mass is 10.3. The van der Waals surface area contributed by atoms with E-state index in [-0.39, 0.29) is 0 Å². The van der Waals surface area contributed by atoms with Gasteiger partial charge in [0.2, 0.25) is 0 Å². The number of rotatable bonds is 1. The molecule has 0 bridgehead atoms. The molecule has 1 aromatic heterocycles. The van der Waals surface area contributed by atoms with Crippen molar-refractivity contribution >= 4 is 27.5 Å². The second-order valence-electron chi connectivity index (χ2n) is 2.56. The summed E-state index contributed by atoms with van der Waals surface area (Å²) in [5.74, 6) is 0. The van der Waals surface area contributed by atoms with Crippen LogP contribution in [0.15, 0.2) is 41.1 Å². The number of hydrogen-bond acceptors (Lipinski definition) is 1. The summed E-state index contributed by atoms with van der Waals surface area (Å²) in [6.45, 7) is 0. The number of nitrogens with zero attached hydrogens (tertiary/aromatic N) is 2. The van der Waals surface area contributed by atoms with Crippen LogP contribution >= 0.6 is 27.5 Å². The quantitative estimate of drug-likeness (QED) is 0.766. The number of aromatic nitrogens is 2. The van der Waals surface area contributed by atoms with E-state index in [1.807, 2.05) is 36.5 Å². The average molecular weight is 258 g/mol. The summed E-state index contributed by atoms with van der Waals surface area (Å²) in [5.41, 5.74) is 0.995. The first-order valence-electron chi connectivity index (χ1n) is 3.73. The van der Waals surface area contributed by atoms with Crippen LogP contribution in [0.25, 0.3) is 5.69 Å². The zero-order valence-electron chi connectivity index (χ0n) is 6.61. The van der Waals surface area contributed by atoms with Crippen molar-refractivity contribution in [3.63, 3.8) is 0 Å². The number of benzene rings is 1. The van der Waals surface area contributed by atoms with Gasteiger partial charge in [0.1, 0.15) is 4.60 Å². The van der Waals surface area contributed by atoms with Crippen LogP contribution in [-0.4, -0.2) is 9.78 Å². The third-order valence-electron chi connectivity index (χ3n) is 1.65. The summed E-state index contributed by atoms with van der Waals surface area (Å²) in [6, 6.07) is 9.40. The van der Waals surface area contributed by atoms with Gasteiger partial charge in [0.15, 0.2) is 0 Å². The maximum Gasteiger partial charge on any atom is 0.128 e. The fourth-order valence-electron chi connectivity index (χ4n) is 1.04. The molecule has 13 heavy (non-hydrogen) atoms. The van der Waals surface area contributed by atoms with Gasteiger partial charge >= 0.3 is 0 Å². The topological polar surface area (TPSA) is 17.8 Å². The molecule has 0 amide bonds. The molecule has 1 heterocycles. The molecule has 2 aromatic rings. The van der Waals surface area contributed by atoms with Crippen LogP contribution in [-0.2, 0) is 0 Å². The van der Waals surface area contributed by atoms with E-state index in [0.29, 0.717) is 0 Å². The van der Waals surface area contributed by atoms with Crippen LogP contribution in [0.4, 0.5) is 0 Å². The molecule has 0 aliphatic heterocycles. The van der Waals surface area contributed by atoms with Crippen LogP contribution in [0.2, 0.25) is 5.02 Å². The normalized spacial score (nSPS) is 10.3. The molecule has 0 N–H and O–H groups in total. The lowest BCUT2D eigenvalue weighted by molar-refractivity contribution is 0.870. The number of hydrogen-bond donors (Lipinski definition) is 0. The van der Waals surface area contributed by atoms with Gasteiger partial charge in [-0.1, -0.05) is 11.6 Å². The van der Waals surface area contributed by atoms with E-state index >= 15 is 0 Å². The molecule has 0 radical (unpaired) electrons. The van der Waals surface area contributed by atoms with Crippen molar-refractivity contribution in [2.24, 2.45) is 0 Å². The second-order valence-corrected chi connectivity index (χ2v) is 3.81. The Bertz CT molecular complexity index is 408. The SMILES string of the molecule is Clc1ccc(-n2ccc(Br)n2)cc1. The largest absolute Gasteiger partial charge is 0.240 e. The summed E-state index contributed by atoms with van der Waals surface area (Å²) in [7, 11) is 0. The standard InChI is InChI=1S/C9H6BrClN2/c10-9-5-6-13(12-9)8-3-1-7(11)2-4-8/h1-6H. The Kier molecular flexibility index (Phi) is 2.38. The van der Waals surface area contributed by atoms with Gasteiger partial charge in [0.05, 0.1) is 5.69 Å². The minimum absolute atomic E-state index is 0.731. The molecule has 0 fully saturated rings. The Balaban J connectivity index is 2.41. The Labute approximate surface area is 89.3 Å². The fourth-order valence-corrected chi connectivity index (χ4v) is 1.45. The van der Waals surface area contributed by atoms with Crippen molar-refractivity contribution < 1.29 is 0 Å². The third kappa shape index (κ3) is 1.92. The van der Waals surface area contributed by atoms with Gasteiger partial charge in [-0.2, -0.15) is 5.10 Å². The van der Waals surface area contributed by atoms with E-state index in [1.165, 1.54) is 0 Å². The predicted octanol–water partition coefficient (Wildman–Crippen LogP) is 3.29. The van der Waals surface area contributed by atoms with Crippen molar-refractivity contribution in [2.45, 2.75) is 0 Å². The van der Waals surface area contributed by atoms with Crippen molar-refractivity contribution in [3.8, 4) is 5.69 Å². The highest BCUT2D eigenvalue weighted by Crippen LogP contribution is 2.14. The third-order valence-corrected chi connectivity index (χ3v) is 2.32. The van der Waals surface area contributed by atoms with Gasteiger partial charge in [-0.25, -0.2) is 4.68 Å². The Morgan fingerprint density at radius 1 is 1.15 bits per heavy atom. The van der Waals surface area contributed by atoms with Crippen LogP contribution in [0.1, 0.15) is 0 Å². The maximum atomic E-state index is 5.77. The molecule has 0 spiro atoms. The van der Waals surface area contributed by atoms with E-state index in [9.17, 15) is 0 Å². The Hall–Kier alpha value is -0.800. The minimum Gasteiger partial charge on any atom is -0.240 e. The fraction of sp³-hybridized carbons (Fsp3) is 0. The molecule has 0 unspecified atom stereocenters. The first-order valence-corrected chi connectivity index (χ1v) is 4.90. The molecule has 0 aliphatic rings. The Morgan fingerprint density at radius 3 is 2.38 bits per heavy atom. The highest BCUT2D eigenvalue weighted by atomic mass is 79.9. The van der Waals surface area contributed by atoms with E-state index in [1.54, 1.807) is 4.68 Å². The molecule has 0 atom stereocenters. The zero-order chi connectivity index (χ0) is 9.26. The zero-order valence-corrected chi connectivity index (χ0v) is 8.96. The van der Waals surface area contributed by atoms with E-state index in [4.69, 9.17) is 11.6 Å². The summed E-state index contributed by atoms with van der Waals surface area (Å²) in [4.78, 5) is 0. The first kappa shape index (κ1) is 8.78. The van der Waals surface area contributed by atoms with E-state index < -0.39 is 0 Å². The lowest BCUT2D eigenvalue weighted by Crippen LogP contribution is -1.93. The van der Waals surface area contributed by atoms with Gasteiger partial charge < -0.3 is 0 Å². The van der Waals surface area contributed by atoms with Crippen molar-refractivity contribution in [1.29, 1.82) is 0 Å². The molecule has 1 aromatic carbocycles. The van der Waals surface area contributed by atoms with Crippen LogP contribution < -0.4 is 0 Å². The predicted molar refractivity (Wildman–Crippen MR) is 56.3 cm³/mol. The molecule has 2 rings (SSSR count). The summed E-state index contributed by atoms with van der Waals surface area (Å²) < 4.78 is 2.60. The molecular weight excluding hydrogens is 251 g/mol. The van der Waals surface area contributed by atoms with Crippen LogP contribution in [0.3, 0.4) is 0 Å². The molecule has 66 valence electrons. The molecule has 0 aliphatic carbocycles. The minimum atomic E-state index is 0.731. The van der Waals surface area contributed by atoms with Gasteiger partial charge in [-0.05, 0) is 46.3 Å². The smallest absolute Gasteiger partial charge is 0.128 e. The molecule has 0 saturated carbocycles. The maximum absolute atomic E-state index is 5.77. The average Bonchev–Trinajstić information content (AvgIpc) is 2.53. The summed E-state index contributed by atoms with van der Waals surface area (Å²) in [5, 5.41) is 4.93. The van der Waals surface area contributed by atoms with Crippen LogP contribution in [0.5, 0.6) is 0 Å². The van der Waals surface area contributed by atoms with Crippen molar-refractivity contribution in [1.82, 2.24) is 9.78 Å². The monoisotopic (exact) mass is 256 g/mol. The van der Waals surface area contributed by atoms with E-state index in [2.05, 4.69) is 21.0 Å². The molecular formula is C9H6BrClN2. The van der Waals surface area contributed by atoms with Gasteiger partial charge in [0, 0.05) is 11.2 Å². The van der Waals surface area contributed by atoms with Crippen molar-refractivity contribution in [2.75, 3.05) is 0 Å². The van der Waals surface area contributed by atoms with Gasteiger partial charge in [-0.3, -0.25) is 0 Å². The molecule has 2 nitrogen and oxygen atoms in total. The van der Waals surface area contributed by atoms with Crippen LogP contribution in [0, 0.1) is 0 Å². The summed E-state index contributed by atoms with van der Waals surface area (Å²) >= 11 is 9.05. The number of halogens is 2. The lowest BCUT2D eigenvalue weighted by Gasteiger charge is -1.99. The first-order chi connectivity index (χ1) is 6.25. The highest BCUT2D eigenvalue weighted by Gasteiger charge is 1.97. The van der Waals surface area contributed by atoms with Gasteiger partial charge in [-0.15, -0.1) is 0 Å². The van der Waals surface area contributed by atoms with Gasteiger partial charge in [0.25, 0.3) is 0 Å². The summed E-state index contributed by atoms with van der Waals surface area (Å²) in [6.07, 6.45) is 1.88.